The first-order valence-electron chi connectivity index (χ1n) is 7.72. The van der Waals surface area contributed by atoms with Gasteiger partial charge in [0.25, 0.3) is 0 Å². The second-order valence-electron chi connectivity index (χ2n) is 5.24. The van der Waals surface area contributed by atoms with Crippen LogP contribution in [0.1, 0.15) is 32.6 Å². The number of imide groups is 1. The van der Waals surface area contributed by atoms with E-state index >= 15 is 0 Å². The highest BCUT2D eigenvalue weighted by Crippen LogP contribution is 2.11. The van der Waals surface area contributed by atoms with Crippen molar-refractivity contribution in [3.8, 4) is 0 Å². The monoisotopic (exact) mass is 314 g/mol. The second-order valence-corrected chi connectivity index (χ2v) is 5.24. The quantitative estimate of drug-likeness (QED) is 0.660. The van der Waals surface area contributed by atoms with Crippen molar-refractivity contribution in [3.63, 3.8) is 0 Å². The van der Waals surface area contributed by atoms with Gasteiger partial charge in [0.15, 0.2) is 0 Å². The molecule has 0 aromatic carbocycles. The van der Waals surface area contributed by atoms with E-state index in [1.54, 1.807) is 6.92 Å². The Morgan fingerprint density at radius 1 is 1.32 bits per heavy atom. The van der Waals surface area contributed by atoms with Crippen molar-refractivity contribution < 1.29 is 19.1 Å². The summed E-state index contributed by atoms with van der Waals surface area (Å²) in [4.78, 5) is 36.1. The number of piperidine rings is 1. The molecule has 0 aliphatic carbocycles. The van der Waals surface area contributed by atoms with E-state index in [0.29, 0.717) is 19.4 Å². The van der Waals surface area contributed by atoms with Gasteiger partial charge in [0.2, 0.25) is 5.91 Å². The topological polar surface area (TPSA) is 99.8 Å². The number of nitrogens with zero attached hydrogens (tertiary/aromatic N) is 1. The molecule has 1 fully saturated rings. The average molecular weight is 314 g/mol. The lowest BCUT2D eigenvalue weighted by molar-refractivity contribution is -0.120. The molecule has 1 rings (SSSR count). The molecule has 0 saturated carbocycles. The van der Waals surface area contributed by atoms with Crippen LogP contribution in [0.3, 0.4) is 0 Å². The summed E-state index contributed by atoms with van der Waals surface area (Å²) in [6.07, 6.45) is 2.54. The minimum absolute atomic E-state index is 0.0903. The van der Waals surface area contributed by atoms with Gasteiger partial charge in [0.05, 0.1) is 6.61 Å². The van der Waals surface area contributed by atoms with Crippen molar-refractivity contribution in [2.75, 3.05) is 33.3 Å². The van der Waals surface area contributed by atoms with Gasteiger partial charge < -0.3 is 20.3 Å². The van der Waals surface area contributed by atoms with E-state index in [1.807, 2.05) is 0 Å². The Bertz CT molecular complexity index is 389. The van der Waals surface area contributed by atoms with Crippen molar-refractivity contribution in [1.82, 2.24) is 20.9 Å². The Morgan fingerprint density at radius 3 is 2.77 bits per heavy atom. The van der Waals surface area contributed by atoms with Crippen LogP contribution in [-0.2, 0) is 9.53 Å². The maximum Gasteiger partial charge on any atom is 0.407 e. The Kier molecular flexibility index (Phi) is 8.27. The van der Waals surface area contributed by atoms with Crippen LogP contribution in [-0.4, -0.2) is 62.3 Å². The lowest BCUT2D eigenvalue weighted by Crippen LogP contribution is -2.48. The van der Waals surface area contributed by atoms with Gasteiger partial charge in [-0.05, 0) is 39.3 Å². The van der Waals surface area contributed by atoms with Crippen LogP contribution < -0.4 is 16.0 Å². The first-order chi connectivity index (χ1) is 10.5. The molecule has 4 amide bonds. The third-order valence-corrected chi connectivity index (χ3v) is 3.46. The lowest BCUT2D eigenvalue weighted by atomic mass is 10.1. The van der Waals surface area contributed by atoms with E-state index in [9.17, 15) is 14.4 Å². The van der Waals surface area contributed by atoms with Crippen molar-refractivity contribution in [1.29, 1.82) is 0 Å². The fourth-order valence-corrected chi connectivity index (χ4v) is 2.43. The zero-order valence-corrected chi connectivity index (χ0v) is 13.3. The number of alkyl carbamates (subject to hydrolysis) is 1. The number of ether oxygens (including phenoxy) is 1. The fourth-order valence-electron chi connectivity index (χ4n) is 2.43. The SMILES string of the molecule is CCOC(=O)NC1CCCN(CCCC(=O)NC(=O)NC)C1. The Hall–Kier alpha value is -1.83. The van der Waals surface area contributed by atoms with Gasteiger partial charge in [-0.1, -0.05) is 0 Å². The minimum Gasteiger partial charge on any atom is -0.450 e. The van der Waals surface area contributed by atoms with Gasteiger partial charge in [-0.15, -0.1) is 0 Å². The Morgan fingerprint density at radius 2 is 2.09 bits per heavy atom. The summed E-state index contributed by atoms with van der Waals surface area (Å²) >= 11 is 0. The largest absolute Gasteiger partial charge is 0.450 e. The maximum atomic E-state index is 11.5. The molecule has 0 spiro atoms. The maximum absolute atomic E-state index is 11.5. The highest BCUT2D eigenvalue weighted by molar-refractivity contribution is 5.94. The van der Waals surface area contributed by atoms with Crippen LogP contribution in [0.25, 0.3) is 0 Å². The van der Waals surface area contributed by atoms with Gasteiger partial charge >= 0.3 is 12.1 Å². The summed E-state index contributed by atoms with van der Waals surface area (Å²) in [5.74, 6) is -0.280. The van der Waals surface area contributed by atoms with E-state index in [4.69, 9.17) is 4.74 Å². The van der Waals surface area contributed by atoms with Gasteiger partial charge in [0, 0.05) is 26.1 Å². The van der Waals surface area contributed by atoms with Crippen LogP contribution in [0.4, 0.5) is 9.59 Å². The highest BCUT2D eigenvalue weighted by Gasteiger charge is 2.21. The van der Waals surface area contributed by atoms with Crippen molar-refractivity contribution in [2.24, 2.45) is 0 Å². The van der Waals surface area contributed by atoms with Crippen molar-refractivity contribution in [2.45, 2.75) is 38.6 Å². The molecule has 126 valence electrons. The number of rotatable bonds is 6. The standard InChI is InChI=1S/C14H26N4O4/c1-3-22-14(21)16-11-6-4-8-18(10-11)9-5-7-12(19)17-13(20)15-2/h11H,3-10H2,1-2H3,(H,16,21)(H2,15,17,19,20). The summed E-state index contributed by atoms with van der Waals surface area (Å²) in [6.45, 7) is 4.62. The molecule has 3 N–H and O–H groups in total. The zero-order valence-electron chi connectivity index (χ0n) is 13.3. The van der Waals surface area contributed by atoms with Crippen LogP contribution in [0.15, 0.2) is 0 Å². The second kappa shape index (κ2) is 9.99. The van der Waals surface area contributed by atoms with E-state index < -0.39 is 6.03 Å². The molecule has 0 radical (unpaired) electrons. The average Bonchev–Trinajstić information content (AvgIpc) is 2.47. The van der Waals surface area contributed by atoms with E-state index in [2.05, 4.69) is 20.9 Å². The Labute approximate surface area is 130 Å². The van der Waals surface area contributed by atoms with Gasteiger partial charge in [-0.25, -0.2) is 9.59 Å². The molecule has 8 heteroatoms. The van der Waals surface area contributed by atoms with E-state index in [0.717, 1.165) is 32.5 Å². The molecule has 1 unspecified atom stereocenters. The zero-order chi connectivity index (χ0) is 16.4. The summed E-state index contributed by atoms with van der Waals surface area (Å²) < 4.78 is 4.88. The number of amides is 4. The number of carbonyl (C=O) groups excluding carboxylic acids is 3. The Balaban J connectivity index is 2.21. The van der Waals surface area contributed by atoms with E-state index in [1.165, 1.54) is 7.05 Å². The highest BCUT2D eigenvalue weighted by atomic mass is 16.5. The molecule has 1 atom stereocenters. The number of likely N-dealkylation sites (tertiary alicyclic amines) is 1. The molecule has 8 nitrogen and oxygen atoms in total. The van der Waals surface area contributed by atoms with Gasteiger partial charge in [-0.3, -0.25) is 10.1 Å². The number of urea groups is 1. The van der Waals surface area contributed by atoms with Crippen molar-refractivity contribution in [3.05, 3.63) is 0 Å². The summed E-state index contributed by atoms with van der Waals surface area (Å²) in [7, 11) is 1.47. The lowest BCUT2D eigenvalue weighted by Gasteiger charge is -2.32. The molecule has 1 heterocycles. The van der Waals surface area contributed by atoms with Gasteiger partial charge in [-0.2, -0.15) is 0 Å². The van der Waals surface area contributed by atoms with Gasteiger partial charge in [0.1, 0.15) is 0 Å². The predicted molar refractivity (Wildman–Crippen MR) is 81.5 cm³/mol. The number of hydrogen-bond acceptors (Lipinski definition) is 5. The van der Waals surface area contributed by atoms with Crippen LogP contribution >= 0.6 is 0 Å². The third kappa shape index (κ3) is 7.26. The fraction of sp³-hybridized carbons (Fsp3) is 0.786. The molecule has 1 saturated heterocycles. The molecule has 22 heavy (non-hydrogen) atoms. The molecular weight excluding hydrogens is 288 g/mol. The molecule has 0 aromatic heterocycles. The summed E-state index contributed by atoms with van der Waals surface area (Å²) in [5.41, 5.74) is 0. The molecule has 0 aromatic rings. The molecular formula is C14H26N4O4. The third-order valence-electron chi connectivity index (χ3n) is 3.46. The minimum atomic E-state index is -0.485. The molecule has 0 bridgehead atoms. The smallest absolute Gasteiger partial charge is 0.407 e. The normalized spacial score (nSPS) is 18.4. The predicted octanol–water partition coefficient (Wildman–Crippen LogP) is 0.433. The first kappa shape index (κ1) is 18.2. The van der Waals surface area contributed by atoms with Crippen LogP contribution in [0.5, 0.6) is 0 Å². The summed E-state index contributed by atoms with van der Waals surface area (Å²) in [6, 6.07) is -0.394. The van der Waals surface area contributed by atoms with Crippen LogP contribution in [0, 0.1) is 0 Å². The van der Waals surface area contributed by atoms with E-state index in [-0.39, 0.29) is 18.0 Å². The number of hydrogen-bond donors (Lipinski definition) is 3. The molecule has 1 aliphatic heterocycles. The van der Waals surface area contributed by atoms with Crippen LogP contribution in [0.2, 0.25) is 0 Å². The van der Waals surface area contributed by atoms with Crippen molar-refractivity contribution >= 4 is 18.0 Å². The first-order valence-corrected chi connectivity index (χ1v) is 7.72. The summed E-state index contributed by atoms with van der Waals surface area (Å²) in [5, 5.41) is 7.42. The number of nitrogens with one attached hydrogen (secondary N) is 3. The number of carbonyl (C=O) groups is 3. The molecule has 1 aliphatic rings.